The maximum Gasteiger partial charge on any atom is 0.322 e. The highest BCUT2D eigenvalue weighted by Crippen LogP contribution is 2.40. The van der Waals surface area contributed by atoms with E-state index >= 15 is 0 Å². The first kappa shape index (κ1) is 11.9. The average Bonchev–Trinajstić information content (AvgIpc) is 2.67. The quantitative estimate of drug-likeness (QED) is 0.654. The van der Waals surface area contributed by atoms with Crippen molar-refractivity contribution in [2.45, 2.75) is 25.3 Å². The van der Waals surface area contributed by atoms with Crippen molar-refractivity contribution in [2.24, 2.45) is 5.41 Å². The number of ether oxygens (including phenoxy) is 1. The fourth-order valence-corrected chi connectivity index (χ4v) is 4.33. The summed E-state index contributed by atoms with van der Waals surface area (Å²) < 4.78 is 23.8. The molecule has 0 aromatic rings. The Morgan fingerprint density at radius 1 is 1.50 bits per heavy atom. The Morgan fingerprint density at radius 3 is 2.69 bits per heavy atom. The molecule has 2 aliphatic rings. The van der Waals surface area contributed by atoms with E-state index in [2.05, 4.69) is 5.32 Å². The third kappa shape index (κ3) is 2.22. The molecule has 2 aliphatic heterocycles. The molecule has 0 aliphatic carbocycles. The zero-order chi connectivity index (χ0) is 11.8. The van der Waals surface area contributed by atoms with Gasteiger partial charge in [-0.1, -0.05) is 0 Å². The number of carbonyl (C=O) groups is 1. The average molecular weight is 246 g/mol. The minimum Gasteiger partial charge on any atom is -0.468 e. The van der Waals surface area contributed by atoms with Crippen molar-refractivity contribution >= 4 is 15.7 Å². The summed E-state index contributed by atoms with van der Waals surface area (Å²) in [7, 11) is -0.938. The molecule has 0 saturated carbocycles. The topological polar surface area (TPSA) is 79.2 Å². The molecule has 1 atom stereocenters. The van der Waals surface area contributed by atoms with E-state index in [-0.39, 0.29) is 17.4 Å². The SMILES string of the molecule is COC(=O)C1CC2(CCS(=N)(=O)CC2)CN1. The van der Waals surface area contributed by atoms with Gasteiger partial charge in [0.1, 0.15) is 6.04 Å². The van der Waals surface area contributed by atoms with E-state index in [1.54, 1.807) is 0 Å². The molecule has 0 aromatic heterocycles. The summed E-state index contributed by atoms with van der Waals surface area (Å²) in [6.07, 6.45) is 2.33. The van der Waals surface area contributed by atoms with Crippen LogP contribution in [0.4, 0.5) is 0 Å². The molecular formula is C10H18N2O3S. The molecule has 0 amide bonds. The first-order chi connectivity index (χ1) is 7.46. The van der Waals surface area contributed by atoms with Crippen LogP contribution in [0.25, 0.3) is 0 Å². The lowest BCUT2D eigenvalue weighted by Crippen LogP contribution is -2.34. The summed E-state index contributed by atoms with van der Waals surface area (Å²) in [6.45, 7) is 0.780. The third-order valence-corrected chi connectivity index (χ3v) is 5.50. The van der Waals surface area contributed by atoms with Crippen LogP contribution in [0.5, 0.6) is 0 Å². The van der Waals surface area contributed by atoms with Gasteiger partial charge in [0.2, 0.25) is 0 Å². The second kappa shape index (κ2) is 4.00. The van der Waals surface area contributed by atoms with Gasteiger partial charge in [0, 0.05) is 27.8 Å². The molecule has 16 heavy (non-hydrogen) atoms. The summed E-state index contributed by atoms with van der Waals surface area (Å²) in [5.41, 5.74) is 0.0703. The summed E-state index contributed by atoms with van der Waals surface area (Å²) >= 11 is 0. The second-order valence-electron chi connectivity index (χ2n) is 4.88. The molecule has 1 spiro atoms. The monoisotopic (exact) mass is 246 g/mol. The van der Waals surface area contributed by atoms with Gasteiger partial charge in [-0.05, 0) is 24.7 Å². The highest BCUT2D eigenvalue weighted by molar-refractivity contribution is 7.92. The van der Waals surface area contributed by atoms with Crippen molar-refractivity contribution in [1.82, 2.24) is 5.32 Å². The van der Waals surface area contributed by atoms with Gasteiger partial charge < -0.3 is 10.1 Å². The van der Waals surface area contributed by atoms with Gasteiger partial charge in [0.15, 0.2) is 0 Å². The standard InChI is InChI=1S/C10H18N2O3S/c1-15-9(13)8-6-10(7-12-8)2-4-16(11,14)5-3-10/h8,11-12H,2-7H2,1H3. The molecule has 2 saturated heterocycles. The van der Waals surface area contributed by atoms with Gasteiger partial charge >= 0.3 is 5.97 Å². The summed E-state index contributed by atoms with van der Waals surface area (Å²) in [6, 6.07) is -0.218. The lowest BCUT2D eigenvalue weighted by molar-refractivity contribution is -0.142. The number of nitrogens with one attached hydrogen (secondary N) is 2. The first-order valence-corrected chi connectivity index (χ1v) is 7.41. The number of methoxy groups -OCH3 is 1. The Kier molecular flexibility index (Phi) is 2.96. The van der Waals surface area contributed by atoms with Gasteiger partial charge in [0.05, 0.1) is 7.11 Å². The van der Waals surface area contributed by atoms with E-state index < -0.39 is 9.73 Å². The van der Waals surface area contributed by atoms with E-state index in [4.69, 9.17) is 9.52 Å². The number of hydrogen-bond acceptors (Lipinski definition) is 5. The third-order valence-electron chi connectivity index (χ3n) is 3.77. The predicted octanol–water partition coefficient (Wildman–Crippen LogP) is 0.348. The lowest BCUT2D eigenvalue weighted by Gasteiger charge is -2.33. The molecule has 6 heteroatoms. The normalized spacial score (nSPS) is 43.4. The molecule has 92 valence electrons. The number of rotatable bonds is 1. The Morgan fingerprint density at radius 2 is 2.12 bits per heavy atom. The van der Waals surface area contributed by atoms with Gasteiger partial charge in [-0.3, -0.25) is 9.57 Å². The minimum atomic E-state index is -2.33. The Labute approximate surface area is 95.9 Å². The van der Waals surface area contributed by atoms with Crippen LogP contribution in [-0.4, -0.2) is 41.4 Å². The van der Waals surface area contributed by atoms with Crippen molar-refractivity contribution in [1.29, 1.82) is 4.78 Å². The molecule has 2 heterocycles. The van der Waals surface area contributed by atoms with Gasteiger partial charge in [-0.2, -0.15) is 0 Å². The Balaban J connectivity index is 2.00. The molecule has 5 nitrogen and oxygen atoms in total. The van der Waals surface area contributed by atoms with Crippen molar-refractivity contribution in [3.05, 3.63) is 0 Å². The van der Waals surface area contributed by atoms with Crippen molar-refractivity contribution < 1.29 is 13.7 Å². The molecule has 0 bridgehead atoms. The number of hydrogen-bond donors (Lipinski definition) is 2. The predicted molar refractivity (Wildman–Crippen MR) is 60.7 cm³/mol. The van der Waals surface area contributed by atoms with E-state index in [1.807, 2.05) is 0 Å². The Hall–Kier alpha value is -0.620. The summed E-state index contributed by atoms with van der Waals surface area (Å²) in [5, 5.41) is 3.17. The van der Waals surface area contributed by atoms with Crippen LogP contribution >= 0.6 is 0 Å². The smallest absolute Gasteiger partial charge is 0.322 e. The van der Waals surface area contributed by atoms with Crippen LogP contribution in [0.3, 0.4) is 0 Å². The minimum absolute atomic E-state index is 0.0703. The number of esters is 1. The molecule has 2 N–H and O–H groups in total. The van der Waals surface area contributed by atoms with Crippen LogP contribution in [0, 0.1) is 10.2 Å². The zero-order valence-electron chi connectivity index (χ0n) is 9.45. The molecule has 0 aromatic carbocycles. The van der Waals surface area contributed by atoms with E-state index in [1.165, 1.54) is 7.11 Å². The van der Waals surface area contributed by atoms with Crippen LogP contribution in [0.2, 0.25) is 0 Å². The number of carbonyl (C=O) groups excluding carboxylic acids is 1. The maximum absolute atomic E-state index is 11.6. The van der Waals surface area contributed by atoms with Crippen LogP contribution in [0.1, 0.15) is 19.3 Å². The highest BCUT2D eigenvalue weighted by Gasteiger charge is 2.44. The largest absolute Gasteiger partial charge is 0.468 e. The van der Waals surface area contributed by atoms with Crippen LogP contribution in [0.15, 0.2) is 0 Å². The van der Waals surface area contributed by atoms with Crippen molar-refractivity contribution in [2.75, 3.05) is 25.2 Å². The van der Waals surface area contributed by atoms with E-state index in [0.29, 0.717) is 11.5 Å². The molecule has 1 unspecified atom stereocenters. The zero-order valence-corrected chi connectivity index (χ0v) is 10.3. The van der Waals surface area contributed by atoms with Gasteiger partial charge in [-0.15, -0.1) is 0 Å². The maximum atomic E-state index is 11.6. The lowest BCUT2D eigenvalue weighted by atomic mass is 9.80. The van der Waals surface area contributed by atoms with Gasteiger partial charge in [0.25, 0.3) is 0 Å². The van der Waals surface area contributed by atoms with Gasteiger partial charge in [-0.25, -0.2) is 4.21 Å². The van der Waals surface area contributed by atoms with Crippen LogP contribution < -0.4 is 5.32 Å². The van der Waals surface area contributed by atoms with Crippen molar-refractivity contribution in [3.8, 4) is 0 Å². The molecule has 2 fully saturated rings. The molecular weight excluding hydrogens is 228 g/mol. The fourth-order valence-electron chi connectivity index (χ4n) is 2.60. The summed E-state index contributed by atoms with van der Waals surface area (Å²) in [5.74, 6) is 0.736. The van der Waals surface area contributed by atoms with Crippen LogP contribution in [-0.2, 0) is 19.3 Å². The fraction of sp³-hybridized carbons (Fsp3) is 0.900. The second-order valence-corrected chi connectivity index (χ2v) is 7.32. The van der Waals surface area contributed by atoms with Crippen molar-refractivity contribution in [3.63, 3.8) is 0 Å². The first-order valence-electron chi connectivity index (χ1n) is 5.52. The molecule has 2 rings (SSSR count). The molecule has 0 radical (unpaired) electrons. The van der Waals surface area contributed by atoms with E-state index in [9.17, 15) is 9.00 Å². The van der Waals surface area contributed by atoms with E-state index in [0.717, 1.165) is 25.8 Å². The Bertz CT molecular complexity index is 377. The highest BCUT2D eigenvalue weighted by atomic mass is 32.2. The summed E-state index contributed by atoms with van der Waals surface area (Å²) in [4.78, 5) is 11.4.